The van der Waals surface area contributed by atoms with E-state index in [-0.39, 0.29) is 23.9 Å². The van der Waals surface area contributed by atoms with Crippen molar-refractivity contribution in [2.24, 2.45) is 7.05 Å². The predicted molar refractivity (Wildman–Crippen MR) is 89.1 cm³/mol. The largest absolute Gasteiger partial charge is 0.353 e. The van der Waals surface area contributed by atoms with Crippen LogP contribution in [0.4, 0.5) is 11.5 Å². The molecule has 2 aromatic heterocycles. The maximum atomic E-state index is 12.2. The van der Waals surface area contributed by atoms with Crippen LogP contribution in [-0.4, -0.2) is 41.0 Å². The standard InChI is InChI=1S/C16H17N5O3/c1-20-9-11(2-5-15(20)23)16(24)19-12-3-4-13(18-8-12)21-7-6-17-14(22)10-21/h2-5,8-9H,6-7,10H2,1H3,(H,17,22)(H,19,24). The zero-order chi connectivity index (χ0) is 17.1. The van der Waals surface area contributed by atoms with Crippen LogP contribution in [0, 0.1) is 0 Å². The molecule has 0 radical (unpaired) electrons. The van der Waals surface area contributed by atoms with Crippen LogP contribution in [0.3, 0.4) is 0 Å². The van der Waals surface area contributed by atoms with E-state index in [1.807, 2.05) is 4.90 Å². The lowest BCUT2D eigenvalue weighted by molar-refractivity contribution is -0.120. The third-order valence-corrected chi connectivity index (χ3v) is 3.72. The molecule has 0 aromatic carbocycles. The number of anilines is 2. The van der Waals surface area contributed by atoms with Gasteiger partial charge in [0.1, 0.15) is 5.82 Å². The smallest absolute Gasteiger partial charge is 0.257 e. The molecule has 1 saturated heterocycles. The molecule has 3 heterocycles. The summed E-state index contributed by atoms with van der Waals surface area (Å²) in [4.78, 5) is 41.1. The van der Waals surface area contributed by atoms with E-state index < -0.39 is 0 Å². The van der Waals surface area contributed by atoms with Gasteiger partial charge in [0.25, 0.3) is 5.91 Å². The van der Waals surface area contributed by atoms with E-state index in [1.165, 1.54) is 22.9 Å². The maximum absolute atomic E-state index is 12.2. The predicted octanol–water partition coefficient (Wildman–Crippen LogP) is -0.0312. The van der Waals surface area contributed by atoms with Gasteiger partial charge in [0.15, 0.2) is 0 Å². The molecule has 8 nitrogen and oxygen atoms in total. The lowest BCUT2D eigenvalue weighted by Gasteiger charge is -2.27. The molecule has 24 heavy (non-hydrogen) atoms. The number of amides is 2. The monoisotopic (exact) mass is 327 g/mol. The summed E-state index contributed by atoms with van der Waals surface area (Å²) in [6.45, 7) is 1.56. The van der Waals surface area contributed by atoms with Crippen LogP contribution in [-0.2, 0) is 11.8 Å². The first-order chi connectivity index (χ1) is 11.5. The normalized spacial score (nSPS) is 14.2. The third kappa shape index (κ3) is 3.43. The van der Waals surface area contributed by atoms with Crippen LogP contribution in [0.25, 0.3) is 0 Å². The SMILES string of the molecule is Cn1cc(C(=O)Nc2ccc(N3CCNC(=O)C3)nc2)ccc1=O. The molecule has 1 aliphatic rings. The number of hydrogen-bond donors (Lipinski definition) is 2. The van der Waals surface area contributed by atoms with Gasteiger partial charge in [-0.25, -0.2) is 4.98 Å². The lowest BCUT2D eigenvalue weighted by Crippen LogP contribution is -2.48. The van der Waals surface area contributed by atoms with E-state index in [2.05, 4.69) is 15.6 Å². The summed E-state index contributed by atoms with van der Waals surface area (Å²) in [5.41, 5.74) is 0.746. The van der Waals surface area contributed by atoms with Crippen LogP contribution in [0.1, 0.15) is 10.4 Å². The number of rotatable bonds is 3. The Balaban J connectivity index is 1.69. The van der Waals surface area contributed by atoms with Crippen molar-refractivity contribution >= 4 is 23.3 Å². The lowest BCUT2D eigenvalue weighted by atomic mass is 10.2. The average Bonchev–Trinajstić information content (AvgIpc) is 2.58. The fourth-order valence-corrected chi connectivity index (χ4v) is 2.41. The Morgan fingerprint density at radius 1 is 1.25 bits per heavy atom. The van der Waals surface area contributed by atoms with Crippen molar-refractivity contribution in [3.05, 3.63) is 52.6 Å². The number of pyridine rings is 2. The molecule has 2 amide bonds. The Morgan fingerprint density at radius 2 is 2.08 bits per heavy atom. The number of aromatic nitrogens is 2. The highest BCUT2D eigenvalue weighted by Crippen LogP contribution is 2.15. The Morgan fingerprint density at radius 3 is 2.75 bits per heavy atom. The zero-order valence-corrected chi connectivity index (χ0v) is 13.2. The molecule has 8 heteroatoms. The van der Waals surface area contributed by atoms with Gasteiger partial charge in [-0.05, 0) is 18.2 Å². The Kier molecular flexibility index (Phi) is 4.28. The van der Waals surface area contributed by atoms with Gasteiger partial charge >= 0.3 is 0 Å². The van der Waals surface area contributed by atoms with Crippen LogP contribution in [0.15, 0.2) is 41.5 Å². The summed E-state index contributed by atoms with van der Waals surface area (Å²) < 4.78 is 1.34. The highest BCUT2D eigenvalue weighted by Gasteiger charge is 2.17. The van der Waals surface area contributed by atoms with Crippen molar-refractivity contribution in [2.75, 3.05) is 29.9 Å². The second-order valence-electron chi connectivity index (χ2n) is 5.50. The Hall–Kier alpha value is -3.16. The average molecular weight is 327 g/mol. The Bertz CT molecular complexity index is 828. The number of nitrogens with zero attached hydrogens (tertiary/aromatic N) is 3. The molecular weight excluding hydrogens is 310 g/mol. The van der Waals surface area contributed by atoms with E-state index in [4.69, 9.17) is 0 Å². The minimum Gasteiger partial charge on any atom is -0.353 e. The van der Waals surface area contributed by atoms with Crippen LogP contribution in [0.2, 0.25) is 0 Å². The molecule has 0 atom stereocenters. The van der Waals surface area contributed by atoms with E-state index in [9.17, 15) is 14.4 Å². The number of piperazine rings is 1. The molecule has 0 unspecified atom stereocenters. The van der Waals surface area contributed by atoms with Crippen LogP contribution in [0.5, 0.6) is 0 Å². The summed E-state index contributed by atoms with van der Waals surface area (Å²) in [5.74, 6) is 0.331. The topological polar surface area (TPSA) is 96.3 Å². The van der Waals surface area contributed by atoms with E-state index in [0.717, 1.165) is 0 Å². The van der Waals surface area contributed by atoms with Crippen LogP contribution < -0.4 is 21.1 Å². The van der Waals surface area contributed by atoms with Crippen molar-refractivity contribution in [3.63, 3.8) is 0 Å². The summed E-state index contributed by atoms with van der Waals surface area (Å²) >= 11 is 0. The van der Waals surface area contributed by atoms with E-state index in [0.29, 0.717) is 30.2 Å². The number of carbonyl (C=O) groups excluding carboxylic acids is 2. The maximum Gasteiger partial charge on any atom is 0.257 e. The van der Waals surface area contributed by atoms with Gasteiger partial charge < -0.3 is 20.1 Å². The molecule has 0 aliphatic carbocycles. The van der Waals surface area contributed by atoms with Crippen molar-refractivity contribution in [3.8, 4) is 0 Å². The molecule has 1 fully saturated rings. The van der Waals surface area contributed by atoms with Crippen molar-refractivity contribution in [1.29, 1.82) is 0 Å². The minimum atomic E-state index is -0.322. The van der Waals surface area contributed by atoms with Crippen molar-refractivity contribution < 1.29 is 9.59 Å². The summed E-state index contributed by atoms with van der Waals surface area (Å²) in [7, 11) is 1.59. The van der Waals surface area contributed by atoms with E-state index in [1.54, 1.807) is 25.4 Å². The molecule has 3 rings (SSSR count). The van der Waals surface area contributed by atoms with Gasteiger partial charge in [-0.1, -0.05) is 0 Å². The molecular formula is C16H17N5O3. The van der Waals surface area contributed by atoms with E-state index >= 15 is 0 Å². The van der Waals surface area contributed by atoms with Gasteiger partial charge in [-0.3, -0.25) is 14.4 Å². The summed E-state index contributed by atoms with van der Waals surface area (Å²) in [6, 6.07) is 6.31. The second kappa shape index (κ2) is 6.53. The van der Waals surface area contributed by atoms with Gasteiger partial charge in [-0.15, -0.1) is 0 Å². The molecule has 124 valence electrons. The van der Waals surface area contributed by atoms with Gasteiger partial charge in [-0.2, -0.15) is 0 Å². The second-order valence-corrected chi connectivity index (χ2v) is 5.50. The van der Waals surface area contributed by atoms with Gasteiger partial charge in [0.2, 0.25) is 11.5 Å². The van der Waals surface area contributed by atoms with Gasteiger partial charge in [0, 0.05) is 32.4 Å². The molecule has 1 aliphatic heterocycles. The highest BCUT2D eigenvalue weighted by atomic mass is 16.2. The van der Waals surface area contributed by atoms with Gasteiger partial charge in [0.05, 0.1) is 24.0 Å². The molecule has 2 N–H and O–H groups in total. The number of hydrogen-bond acceptors (Lipinski definition) is 5. The molecule has 0 spiro atoms. The fourth-order valence-electron chi connectivity index (χ4n) is 2.41. The first-order valence-corrected chi connectivity index (χ1v) is 7.49. The fraction of sp³-hybridized carbons (Fsp3) is 0.250. The summed E-state index contributed by atoms with van der Waals surface area (Å²) in [5, 5.41) is 5.49. The number of aryl methyl sites for hydroxylation is 1. The molecule has 2 aromatic rings. The first kappa shape index (κ1) is 15.7. The highest BCUT2D eigenvalue weighted by molar-refractivity contribution is 6.04. The molecule has 0 saturated carbocycles. The number of carbonyl (C=O) groups is 2. The van der Waals surface area contributed by atoms with Crippen LogP contribution >= 0.6 is 0 Å². The van der Waals surface area contributed by atoms with Crippen molar-refractivity contribution in [2.45, 2.75) is 0 Å². The van der Waals surface area contributed by atoms with Crippen molar-refractivity contribution in [1.82, 2.24) is 14.9 Å². The Labute approximate surface area is 138 Å². The first-order valence-electron chi connectivity index (χ1n) is 7.49. The quantitative estimate of drug-likeness (QED) is 0.825. The number of nitrogens with one attached hydrogen (secondary N) is 2. The molecule has 0 bridgehead atoms. The third-order valence-electron chi connectivity index (χ3n) is 3.72. The summed E-state index contributed by atoms with van der Waals surface area (Å²) in [6.07, 6.45) is 3.02. The minimum absolute atomic E-state index is 0.0323. The zero-order valence-electron chi connectivity index (χ0n) is 13.2.